The van der Waals surface area contributed by atoms with Crippen LogP contribution in [0.4, 0.5) is 5.69 Å². The van der Waals surface area contributed by atoms with E-state index in [9.17, 15) is 28.1 Å². The molecule has 1 aromatic rings. The number of rotatable bonds is 4. The van der Waals surface area contributed by atoms with Gasteiger partial charge in [-0.2, -0.15) is 0 Å². The van der Waals surface area contributed by atoms with Crippen molar-refractivity contribution >= 4 is 27.3 Å². The molecule has 0 bridgehead atoms. The van der Waals surface area contributed by atoms with Gasteiger partial charge in [0, 0.05) is 24.1 Å². The smallest absolute Gasteiger partial charge is 0.269 e. The fourth-order valence-corrected chi connectivity index (χ4v) is 4.14. The Kier molecular flexibility index (Phi) is 4.94. The van der Waals surface area contributed by atoms with E-state index in [4.69, 9.17) is 0 Å². The number of nitrogens with one attached hydrogen (secondary N) is 2. The molecule has 1 aliphatic heterocycles. The Morgan fingerprint density at radius 1 is 1.22 bits per heavy atom. The lowest BCUT2D eigenvalue weighted by molar-refractivity contribution is -0.384. The summed E-state index contributed by atoms with van der Waals surface area (Å²) < 4.78 is 22.6. The van der Waals surface area contributed by atoms with Crippen molar-refractivity contribution in [3.8, 4) is 0 Å². The molecule has 1 atom stereocenters. The van der Waals surface area contributed by atoms with Gasteiger partial charge in [-0.1, -0.05) is 0 Å². The van der Waals surface area contributed by atoms with Crippen LogP contribution >= 0.6 is 0 Å². The van der Waals surface area contributed by atoms with Gasteiger partial charge in [-0.25, -0.2) is 8.42 Å². The molecular formula is C13H15N3O6S. The van der Waals surface area contributed by atoms with Crippen molar-refractivity contribution in [1.29, 1.82) is 0 Å². The Bertz CT molecular complexity index is 729. The molecule has 0 radical (unpaired) electrons. The molecule has 2 amide bonds. The third-order valence-electron chi connectivity index (χ3n) is 3.46. The summed E-state index contributed by atoms with van der Waals surface area (Å²) in [6.07, 6.45) is 0.450. The summed E-state index contributed by atoms with van der Waals surface area (Å²) in [5, 5.41) is 10.5. The van der Waals surface area contributed by atoms with Crippen LogP contribution in [0.5, 0.6) is 0 Å². The lowest BCUT2D eigenvalue weighted by Crippen LogP contribution is -2.42. The minimum atomic E-state index is -3.05. The number of hydrazine groups is 1. The average Bonchev–Trinajstić information content (AvgIpc) is 2.83. The largest absolute Gasteiger partial charge is 0.273 e. The zero-order valence-electron chi connectivity index (χ0n) is 12.0. The van der Waals surface area contributed by atoms with E-state index in [-0.39, 0.29) is 35.1 Å². The summed E-state index contributed by atoms with van der Waals surface area (Å²) in [6.45, 7) is 0. The molecule has 0 unspecified atom stereocenters. The van der Waals surface area contributed by atoms with Gasteiger partial charge in [0.1, 0.15) is 0 Å². The van der Waals surface area contributed by atoms with E-state index in [0.29, 0.717) is 6.42 Å². The summed E-state index contributed by atoms with van der Waals surface area (Å²) in [7, 11) is -3.05. The van der Waals surface area contributed by atoms with Crippen molar-refractivity contribution < 1.29 is 22.9 Å². The molecule has 1 heterocycles. The van der Waals surface area contributed by atoms with Crippen LogP contribution in [0.2, 0.25) is 0 Å². The van der Waals surface area contributed by atoms with Crippen LogP contribution in [0, 0.1) is 16.0 Å². The van der Waals surface area contributed by atoms with Crippen molar-refractivity contribution in [2.24, 2.45) is 5.92 Å². The number of nitro benzene ring substituents is 1. The van der Waals surface area contributed by atoms with E-state index in [1.54, 1.807) is 0 Å². The van der Waals surface area contributed by atoms with Gasteiger partial charge in [0.25, 0.3) is 11.6 Å². The van der Waals surface area contributed by atoms with Gasteiger partial charge in [0.2, 0.25) is 5.91 Å². The Labute approximate surface area is 132 Å². The number of non-ortho nitro benzene ring substituents is 1. The zero-order valence-corrected chi connectivity index (χ0v) is 12.8. The summed E-state index contributed by atoms with van der Waals surface area (Å²) in [4.78, 5) is 33.4. The lowest BCUT2D eigenvalue weighted by atomic mass is 10.1. The predicted molar refractivity (Wildman–Crippen MR) is 80.1 cm³/mol. The highest BCUT2D eigenvalue weighted by molar-refractivity contribution is 7.91. The summed E-state index contributed by atoms with van der Waals surface area (Å²) in [6, 6.07) is 4.90. The van der Waals surface area contributed by atoms with Gasteiger partial charge >= 0.3 is 0 Å². The van der Waals surface area contributed by atoms with Crippen molar-refractivity contribution in [1.82, 2.24) is 10.9 Å². The molecule has 1 fully saturated rings. The molecule has 0 spiro atoms. The van der Waals surface area contributed by atoms with E-state index in [1.165, 1.54) is 24.3 Å². The number of hydrogen-bond acceptors (Lipinski definition) is 6. The maximum Gasteiger partial charge on any atom is 0.269 e. The van der Waals surface area contributed by atoms with Gasteiger partial charge in [0.15, 0.2) is 9.84 Å². The highest BCUT2D eigenvalue weighted by Crippen LogP contribution is 2.21. The molecule has 2 N–H and O–H groups in total. The highest BCUT2D eigenvalue weighted by Gasteiger charge is 2.29. The number of benzene rings is 1. The number of sulfone groups is 1. The zero-order chi connectivity index (χ0) is 17.0. The van der Waals surface area contributed by atoms with Crippen LogP contribution in [0.25, 0.3) is 0 Å². The fraction of sp³-hybridized carbons (Fsp3) is 0.385. The first-order valence-corrected chi connectivity index (χ1v) is 8.63. The minimum absolute atomic E-state index is 0.0137. The third-order valence-corrected chi connectivity index (χ3v) is 5.29. The maximum atomic E-state index is 11.8. The monoisotopic (exact) mass is 341 g/mol. The second-order valence-electron chi connectivity index (χ2n) is 5.28. The molecule has 10 heteroatoms. The molecule has 1 saturated heterocycles. The normalized spacial score (nSPS) is 19.0. The number of nitro groups is 1. The van der Waals surface area contributed by atoms with E-state index in [1.807, 2.05) is 0 Å². The van der Waals surface area contributed by atoms with Crippen molar-refractivity contribution in [3.63, 3.8) is 0 Å². The third kappa shape index (κ3) is 4.74. The molecule has 1 aliphatic rings. The van der Waals surface area contributed by atoms with Crippen LogP contribution in [-0.2, 0) is 14.6 Å². The number of hydrogen-bond donors (Lipinski definition) is 2. The molecule has 0 aromatic heterocycles. The molecule has 0 saturated carbocycles. The SMILES string of the molecule is O=C(C[C@@H]1CCS(=O)(=O)C1)NNC(=O)c1ccc([N+](=O)[O-])cc1. The number of nitrogens with zero attached hydrogens (tertiary/aromatic N) is 1. The number of carbonyl (C=O) groups excluding carboxylic acids is 2. The first kappa shape index (κ1) is 16.9. The second-order valence-corrected chi connectivity index (χ2v) is 7.51. The van der Waals surface area contributed by atoms with Crippen LogP contribution in [0.15, 0.2) is 24.3 Å². The standard InChI is InChI=1S/C13H15N3O6S/c17-12(7-9-5-6-23(21,22)8-9)14-15-13(18)10-1-3-11(4-2-10)16(19)20/h1-4,9H,5-8H2,(H,14,17)(H,15,18)/t9-/m0/s1. The maximum absolute atomic E-state index is 11.8. The Morgan fingerprint density at radius 2 is 1.87 bits per heavy atom. The highest BCUT2D eigenvalue weighted by atomic mass is 32.2. The van der Waals surface area contributed by atoms with Crippen molar-refractivity contribution in [3.05, 3.63) is 39.9 Å². The topological polar surface area (TPSA) is 135 Å². The summed E-state index contributed by atoms with van der Waals surface area (Å²) in [5.41, 5.74) is 4.40. The van der Waals surface area contributed by atoms with E-state index in [2.05, 4.69) is 10.9 Å². The van der Waals surface area contributed by atoms with Gasteiger partial charge < -0.3 is 0 Å². The van der Waals surface area contributed by atoms with Gasteiger partial charge in [-0.05, 0) is 24.5 Å². The molecule has 23 heavy (non-hydrogen) atoms. The van der Waals surface area contributed by atoms with Crippen LogP contribution in [0.3, 0.4) is 0 Å². The first-order valence-electron chi connectivity index (χ1n) is 6.81. The Hall–Kier alpha value is -2.49. The quantitative estimate of drug-likeness (QED) is 0.592. The van der Waals surface area contributed by atoms with E-state index < -0.39 is 26.6 Å². The predicted octanol–water partition coefficient (Wildman–Crippen LogP) is 0.181. The van der Waals surface area contributed by atoms with Crippen LogP contribution in [0.1, 0.15) is 23.2 Å². The molecular weight excluding hydrogens is 326 g/mol. The molecule has 124 valence electrons. The van der Waals surface area contributed by atoms with Crippen molar-refractivity contribution in [2.75, 3.05) is 11.5 Å². The number of amides is 2. The van der Waals surface area contributed by atoms with Crippen LogP contribution in [-0.4, -0.2) is 36.7 Å². The summed E-state index contributed by atoms with van der Waals surface area (Å²) >= 11 is 0. The van der Waals surface area contributed by atoms with Gasteiger partial charge in [-0.15, -0.1) is 0 Å². The van der Waals surface area contributed by atoms with Gasteiger partial charge in [-0.3, -0.25) is 30.6 Å². The average molecular weight is 341 g/mol. The lowest BCUT2D eigenvalue weighted by Gasteiger charge is -2.10. The second kappa shape index (κ2) is 6.73. The Balaban J connectivity index is 1.82. The van der Waals surface area contributed by atoms with E-state index in [0.717, 1.165) is 0 Å². The molecule has 2 rings (SSSR count). The van der Waals surface area contributed by atoms with Crippen LogP contribution < -0.4 is 10.9 Å². The minimum Gasteiger partial charge on any atom is -0.273 e. The van der Waals surface area contributed by atoms with Gasteiger partial charge in [0.05, 0.1) is 16.4 Å². The molecule has 1 aromatic carbocycles. The fourth-order valence-electron chi connectivity index (χ4n) is 2.28. The molecule has 0 aliphatic carbocycles. The Morgan fingerprint density at radius 3 is 2.39 bits per heavy atom. The summed E-state index contributed by atoms with van der Waals surface area (Å²) in [5.74, 6) is -1.28. The molecule has 9 nitrogen and oxygen atoms in total. The number of carbonyl (C=O) groups is 2. The van der Waals surface area contributed by atoms with Crippen molar-refractivity contribution in [2.45, 2.75) is 12.8 Å². The van der Waals surface area contributed by atoms with E-state index >= 15 is 0 Å². The first-order chi connectivity index (χ1) is 10.8.